The number of aromatic nitrogens is 1. The Kier molecular flexibility index (Phi) is 5.94. The molecule has 1 aromatic rings. The summed E-state index contributed by atoms with van der Waals surface area (Å²) in [6.45, 7) is 6.64. The Hall–Kier alpha value is -0.0600. The molecule has 1 heterocycles. The minimum absolute atomic E-state index is 0.149. The van der Waals surface area contributed by atoms with E-state index < -0.39 is 0 Å². The number of nitrogens with zero attached hydrogens (tertiary/aromatic N) is 1. The van der Waals surface area contributed by atoms with E-state index in [9.17, 15) is 0 Å². The molecule has 1 unspecified atom stereocenters. The lowest BCUT2D eigenvalue weighted by Gasteiger charge is -2.22. The third kappa shape index (κ3) is 5.05. The quantitative estimate of drug-likeness (QED) is 0.877. The van der Waals surface area contributed by atoms with E-state index in [1.807, 2.05) is 0 Å². The first kappa shape index (κ1) is 16.3. The molecule has 1 aliphatic carbocycles. The highest BCUT2D eigenvalue weighted by Gasteiger charge is 2.19. The van der Waals surface area contributed by atoms with Gasteiger partial charge in [0.25, 0.3) is 0 Å². The van der Waals surface area contributed by atoms with Gasteiger partial charge in [0.05, 0.1) is 10.7 Å². The van der Waals surface area contributed by atoms with Crippen molar-refractivity contribution in [1.82, 2.24) is 4.98 Å². The Bertz CT molecular complexity index is 403. The first-order valence-corrected chi connectivity index (χ1v) is 9.70. The van der Waals surface area contributed by atoms with Crippen LogP contribution in [0.2, 0.25) is 0 Å². The van der Waals surface area contributed by atoms with Crippen LogP contribution in [0.3, 0.4) is 0 Å². The predicted octanol–water partition coefficient (Wildman–Crippen LogP) is 4.38. The molecule has 114 valence electrons. The van der Waals surface area contributed by atoms with Gasteiger partial charge in [-0.25, -0.2) is 4.98 Å². The van der Waals surface area contributed by atoms with E-state index >= 15 is 0 Å². The highest BCUT2D eigenvalue weighted by Crippen LogP contribution is 2.29. The summed E-state index contributed by atoms with van der Waals surface area (Å²) in [7, 11) is 0. The summed E-state index contributed by atoms with van der Waals surface area (Å²) in [6.07, 6.45) is 7.96. The normalized spacial score (nSPS) is 19.2. The number of hydrogen-bond acceptors (Lipinski definition) is 4. The van der Waals surface area contributed by atoms with E-state index in [1.54, 1.807) is 11.3 Å². The maximum absolute atomic E-state index is 6.29. The van der Waals surface area contributed by atoms with Gasteiger partial charge in [0.2, 0.25) is 0 Å². The average Bonchev–Trinajstić information content (AvgIpc) is 2.86. The fourth-order valence-electron chi connectivity index (χ4n) is 2.52. The SMILES string of the molecule is CC(C)(C)c1csc(CC(N)CSC2CCCCC2)n1. The van der Waals surface area contributed by atoms with Crippen LogP contribution in [0.5, 0.6) is 0 Å². The molecule has 1 aliphatic rings. The molecule has 1 atom stereocenters. The molecule has 20 heavy (non-hydrogen) atoms. The molecular weight excluding hydrogens is 284 g/mol. The molecule has 0 aliphatic heterocycles. The summed E-state index contributed by atoms with van der Waals surface area (Å²) in [5.74, 6) is 1.08. The number of thioether (sulfide) groups is 1. The largest absolute Gasteiger partial charge is 0.327 e. The van der Waals surface area contributed by atoms with Gasteiger partial charge < -0.3 is 5.73 Å². The van der Waals surface area contributed by atoms with E-state index in [1.165, 1.54) is 42.8 Å². The molecule has 4 heteroatoms. The maximum Gasteiger partial charge on any atom is 0.0944 e. The second kappa shape index (κ2) is 7.28. The smallest absolute Gasteiger partial charge is 0.0944 e. The van der Waals surface area contributed by atoms with E-state index in [0.29, 0.717) is 0 Å². The Morgan fingerprint density at radius 3 is 2.65 bits per heavy atom. The van der Waals surface area contributed by atoms with Crippen molar-refractivity contribution in [2.45, 2.75) is 76.0 Å². The van der Waals surface area contributed by atoms with Crippen molar-refractivity contribution >= 4 is 23.1 Å². The van der Waals surface area contributed by atoms with Gasteiger partial charge >= 0.3 is 0 Å². The first-order chi connectivity index (χ1) is 9.45. The number of rotatable bonds is 5. The van der Waals surface area contributed by atoms with Crippen molar-refractivity contribution in [3.05, 3.63) is 16.1 Å². The fraction of sp³-hybridized carbons (Fsp3) is 0.812. The van der Waals surface area contributed by atoms with Gasteiger partial charge in [-0.3, -0.25) is 0 Å². The number of hydrogen-bond donors (Lipinski definition) is 1. The topological polar surface area (TPSA) is 38.9 Å². The number of nitrogens with two attached hydrogens (primary N) is 1. The van der Waals surface area contributed by atoms with Gasteiger partial charge in [-0.15, -0.1) is 11.3 Å². The molecule has 0 spiro atoms. The molecule has 2 N–H and O–H groups in total. The second-order valence-corrected chi connectivity index (χ2v) is 9.21. The number of thiazole rings is 1. The summed E-state index contributed by atoms with van der Waals surface area (Å²) < 4.78 is 0. The zero-order chi connectivity index (χ0) is 14.6. The third-order valence-corrected chi connectivity index (χ3v) is 6.29. The van der Waals surface area contributed by atoms with Crippen LogP contribution in [-0.4, -0.2) is 22.0 Å². The van der Waals surface area contributed by atoms with Crippen LogP contribution in [-0.2, 0) is 11.8 Å². The lowest BCUT2D eigenvalue weighted by atomic mass is 9.93. The molecule has 0 amide bonds. The Balaban J connectivity index is 1.76. The molecule has 2 rings (SSSR count). The summed E-state index contributed by atoms with van der Waals surface area (Å²) in [5.41, 5.74) is 7.63. The predicted molar refractivity (Wildman–Crippen MR) is 91.8 cm³/mol. The highest BCUT2D eigenvalue weighted by atomic mass is 32.2. The van der Waals surface area contributed by atoms with Gasteiger partial charge in [-0.2, -0.15) is 11.8 Å². The summed E-state index contributed by atoms with van der Waals surface area (Å²) >= 11 is 3.85. The Morgan fingerprint density at radius 1 is 1.35 bits per heavy atom. The van der Waals surface area contributed by atoms with Crippen LogP contribution in [0.25, 0.3) is 0 Å². The Morgan fingerprint density at radius 2 is 2.05 bits per heavy atom. The van der Waals surface area contributed by atoms with Crippen molar-refractivity contribution in [1.29, 1.82) is 0 Å². The molecule has 0 saturated heterocycles. The zero-order valence-corrected chi connectivity index (χ0v) is 14.7. The summed E-state index contributed by atoms with van der Waals surface area (Å²) in [4.78, 5) is 4.75. The minimum Gasteiger partial charge on any atom is -0.327 e. The third-order valence-electron chi connectivity index (χ3n) is 3.86. The van der Waals surface area contributed by atoms with Crippen LogP contribution in [0.1, 0.15) is 63.6 Å². The summed E-state index contributed by atoms with van der Waals surface area (Å²) in [5, 5.41) is 4.25. The molecule has 1 aromatic heterocycles. The van der Waals surface area contributed by atoms with Crippen LogP contribution in [0.4, 0.5) is 0 Å². The van der Waals surface area contributed by atoms with Crippen molar-refractivity contribution in [2.75, 3.05) is 5.75 Å². The average molecular weight is 313 g/mol. The van der Waals surface area contributed by atoms with Crippen LogP contribution in [0, 0.1) is 0 Å². The van der Waals surface area contributed by atoms with Crippen LogP contribution < -0.4 is 5.73 Å². The molecule has 0 aromatic carbocycles. The molecule has 0 bridgehead atoms. The van der Waals surface area contributed by atoms with Gasteiger partial charge in [0, 0.05) is 34.3 Å². The maximum atomic E-state index is 6.29. The van der Waals surface area contributed by atoms with E-state index in [-0.39, 0.29) is 11.5 Å². The van der Waals surface area contributed by atoms with E-state index in [2.05, 4.69) is 37.9 Å². The molecular formula is C16H28N2S2. The van der Waals surface area contributed by atoms with Gasteiger partial charge in [-0.05, 0) is 12.8 Å². The minimum atomic E-state index is 0.149. The molecule has 1 fully saturated rings. The lowest BCUT2D eigenvalue weighted by molar-refractivity contribution is 0.515. The van der Waals surface area contributed by atoms with Crippen molar-refractivity contribution in [2.24, 2.45) is 5.73 Å². The summed E-state index contributed by atoms with van der Waals surface area (Å²) in [6, 6.07) is 0.251. The van der Waals surface area contributed by atoms with E-state index in [0.717, 1.165) is 17.4 Å². The Labute approximate surface area is 131 Å². The van der Waals surface area contributed by atoms with E-state index in [4.69, 9.17) is 10.7 Å². The second-order valence-electron chi connectivity index (χ2n) is 6.93. The van der Waals surface area contributed by atoms with Gasteiger partial charge in [0.1, 0.15) is 0 Å². The molecule has 0 radical (unpaired) electrons. The van der Waals surface area contributed by atoms with Gasteiger partial charge in [0.15, 0.2) is 0 Å². The van der Waals surface area contributed by atoms with Crippen LogP contribution >= 0.6 is 23.1 Å². The lowest BCUT2D eigenvalue weighted by Crippen LogP contribution is -2.27. The van der Waals surface area contributed by atoms with Crippen molar-refractivity contribution in [3.8, 4) is 0 Å². The van der Waals surface area contributed by atoms with Crippen molar-refractivity contribution in [3.63, 3.8) is 0 Å². The zero-order valence-electron chi connectivity index (χ0n) is 13.0. The monoisotopic (exact) mass is 312 g/mol. The van der Waals surface area contributed by atoms with Crippen molar-refractivity contribution < 1.29 is 0 Å². The molecule has 1 saturated carbocycles. The fourth-order valence-corrected chi connectivity index (χ4v) is 4.94. The first-order valence-electron chi connectivity index (χ1n) is 7.77. The standard InChI is InChI=1S/C16H28N2S2/c1-16(2,3)14-11-20-15(18-14)9-12(17)10-19-13-7-5-4-6-8-13/h11-13H,4-10,17H2,1-3H3. The molecule has 2 nitrogen and oxygen atoms in total. The van der Waals surface area contributed by atoms with Crippen LogP contribution in [0.15, 0.2) is 5.38 Å². The van der Waals surface area contributed by atoms with Gasteiger partial charge in [-0.1, -0.05) is 40.0 Å². The highest BCUT2D eigenvalue weighted by molar-refractivity contribution is 7.99.